The number of hydrogen-bond acceptors (Lipinski definition) is 3. The Hall–Kier alpha value is -0.970. The van der Waals surface area contributed by atoms with Crippen molar-refractivity contribution in [3.8, 4) is 0 Å². The maximum atomic E-state index is 10.5. The normalized spacial score (nSPS) is 10.1. The molecule has 0 radical (unpaired) electrons. The number of nitrogens with two attached hydrogens (primary N) is 1. The van der Waals surface area contributed by atoms with Crippen LogP contribution in [0.1, 0.15) is 6.92 Å². The SMILES string of the molecule is CCn1ccnc1SCC(N)=O. The van der Waals surface area contributed by atoms with Crippen molar-refractivity contribution in [2.45, 2.75) is 18.6 Å². The van der Waals surface area contributed by atoms with Gasteiger partial charge < -0.3 is 10.3 Å². The first-order chi connectivity index (χ1) is 5.74. The van der Waals surface area contributed by atoms with Crippen LogP contribution in [0.15, 0.2) is 17.6 Å². The first-order valence-corrected chi connectivity index (χ1v) is 4.65. The Kier molecular flexibility index (Phi) is 3.16. The highest BCUT2D eigenvalue weighted by molar-refractivity contribution is 7.99. The topological polar surface area (TPSA) is 60.9 Å². The first kappa shape index (κ1) is 9.12. The van der Waals surface area contributed by atoms with E-state index in [-0.39, 0.29) is 11.7 Å². The summed E-state index contributed by atoms with van der Waals surface area (Å²) < 4.78 is 1.97. The van der Waals surface area contributed by atoms with Gasteiger partial charge in [-0.1, -0.05) is 11.8 Å². The van der Waals surface area contributed by atoms with E-state index in [0.717, 1.165) is 11.7 Å². The zero-order chi connectivity index (χ0) is 8.97. The van der Waals surface area contributed by atoms with E-state index in [1.54, 1.807) is 6.20 Å². The fraction of sp³-hybridized carbons (Fsp3) is 0.429. The molecular weight excluding hydrogens is 174 g/mol. The molecule has 1 aromatic heterocycles. The van der Waals surface area contributed by atoms with Crippen molar-refractivity contribution < 1.29 is 4.79 Å². The lowest BCUT2D eigenvalue weighted by atomic mass is 10.7. The Morgan fingerprint density at radius 1 is 1.83 bits per heavy atom. The molecule has 0 bridgehead atoms. The van der Waals surface area contributed by atoms with Gasteiger partial charge in [-0.15, -0.1) is 0 Å². The lowest BCUT2D eigenvalue weighted by Crippen LogP contribution is -2.13. The Bertz CT molecular complexity index is 271. The van der Waals surface area contributed by atoms with Crippen molar-refractivity contribution in [1.82, 2.24) is 9.55 Å². The number of amides is 1. The maximum Gasteiger partial charge on any atom is 0.227 e. The monoisotopic (exact) mass is 185 g/mol. The summed E-state index contributed by atoms with van der Waals surface area (Å²) >= 11 is 1.36. The van der Waals surface area contributed by atoms with E-state index >= 15 is 0 Å². The van der Waals surface area contributed by atoms with Crippen molar-refractivity contribution in [3.63, 3.8) is 0 Å². The number of hydrogen-bond donors (Lipinski definition) is 1. The van der Waals surface area contributed by atoms with Gasteiger partial charge in [-0.25, -0.2) is 4.98 Å². The van der Waals surface area contributed by atoms with Crippen LogP contribution >= 0.6 is 11.8 Å². The van der Waals surface area contributed by atoms with Crippen LogP contribution in [0.2, 0.25) is 0 Å². The predicted octanol–water partition coefficient (Wildman–Crippen LogP) is 0.480. The molecular formula is C7H11N3OS. The van der Waals surface area contributed by atoms with Gasteiger partial charge in [-0.05, 0) is 6.92 Å². The number of carbonyl (C=O) groups is 1. The van der Waals surface area contributed by atoms with Gasteiger partial charge in [-0.3, -0.25) is 4.79 Å². The highest BCUT2D eigenvalue weighted by atomic mass is 32.2. The number of aromatic nitrogens is 2. The Labute approximate surface area is 75.2 Å². The third-order valence-electron chi connectivity index (χ3n) is 1.36. The van der Waals surface area contributed by atoms with Crippen molar-refractivity contribution in [1.29, 1.82) is 0 Å². The van der Waals surface area contributed by atoms with Crippen molar-refractivity contribution in [2.24, 2.45) is 5.73 Å². The molecule has 0 fully saturated rings. The average molecular weight is 185 g/mol. The maximum absolute atomic E-state index is 10.5. The molecule has 2 N–H and O–H groups in total. The molecule has 0 aliphatic heterocycles. The van der Waals surface area contributed by atoms with Gasteiger partial charge in [0, 0.05) is 18.9 Å². The second-order valence-corrected chi connectivity index (χ2v) is 3.19. The van der Waals surface area contributed by atoms with Crippen LogP contribution in [0.5, 0.6) is 0 Å². The van der Waals surface area contributed by atoms with E-state index in [1.807, 2.05) is 17.7 Å². The molecule has 0 spiro atoms. The molecule has 0 aliphatic rings. The number of primary amides is 1. The predicted molar refractivity (Wildman–Crippen MR) is 47.8 cm³/mol. The third-order valence-corrected chi connectivity index (χ3v) is 2.39. The summed E-state index contributed by atoms with van der Waals surface area (Å²) in [7, 11) is 0. The van der Waals surface area contributed by atoms with Crippen molar-refractivity contribution in [2.75, 3.05) is 5.75 Å². The zero-order valence-electron chi connectivity index (χ0n) is 6.86. The van der Waals surface area contributed by atoms with E-state index in [1.165, 1.54) is 11.8 Å². The summed E-state index contributed by atoms with van der Waals surface area (Å²) in [6.07, 6.45) is 3.59. The number of carbonyl (C=O) groups excluding carboxylic acids is 1. The van der Waals surface area contributed by atoms with E-state index in [9.17, 15) is 4.79 Å². The summed E-state index contributed by atoms with van der Waals surface area (Å²) in [6, 6.07) is 0. The fourth-order valence-electron chi connectivity index (χ4n) is 0.812. The molecule has 0 saturated carbocycles. The minimum atomic E-state index is -0.314. The molecule has 5 heteroatoms. The van der Waals surface area contributed by atoms with Crippen LogP contribution in [-0.4, -0.2) is 21.2 Å². The second kappa shape index (κ2) is 4.15. The fourth-order valence-corrected chi connectivity index (χ4v) is 1.57. The van der Waals surface area contributed by atoms with Crippen molar-refractivity contribution in [3.05, 3.63) is 12.4 Å². The van der Waals surface area contributed by atoms with Crippen LogP contribution < -0.4 is 5.73 Å². The molecule has 0 aliphatic carbocycles. The summed E-state index contributed by atoms with van der Waals surface area (Å²) in [6.45, 7) is 2.89. The summed E-state index contributed by atoms with van der Waals surface area (Å²) in [5.41, 5.74) is 5.00. The molecule has 1 heterocycles. The minimum absolute atomic E-state index is 0.289. The third kappa shape index (κ3) is 2.27. The van der Waals surface area contributed by atoms with Crippen LogP contribution in [0.4, 0.5) is 0 Å². The Morgan fingerprint density at radius 2 is 2.58 bits per heavy atom. The highest BCUT2D eigenvalue weighted by Crippen LogP contribution is 2.14. The standard InChI is InChI=1S/C7H11N3OS/c1-2-10-4-3-9-7(10)12-5-6(8)11/h3-4H,2,5H2,1H3,(H2,8,11). The molecule has 1 aromatic rings. The highest BCUT2D eigenvalue weighted by Gasteiger charge is 2.02. The number of rotatable bonds is 4. The molecule has 0 unspecified atom stereocenters. The van der Waals surface area contributed by atoms with Crippen LogP contribution in [-0.2, 0) is 11.3 Å². The quantitative estimate of drug-likeness (QED) is 0.694. The van der Waals surface area contributed by atoms with E-state index < -0.39 is 0 Å². The van der Waals surface area contributed by atoms with Crippen molar-refractivity contribution >= 4 is 17.7 Å². The van der Waals surface area contributed by atoms with Crippen LogP contribution in [0, 0.1) is 0 Å². The number of nitrogens with zero attached hydrogens (tertiary/aromatic N) is 2. The second-order valence-electron chi connectivity index (χ2n) is 2.25. The number of aryl methyl sites for hydroxylation is 1. The Balaban J connectivity index is 2.56. The largest absolute Gasteiger partial charge is 0.369 e. The summed E-state index contributed by atoms with van der Waals surface area (Å²) in [4.78, 5) is 14.5. The van der Waals surface area contributed by atoms with Gasteiger partial charge in [0.15, 0.2) is 5.16 Å². The zero-order valence-corrected chi connectivity index (χ0v) is 7.67. The average Bonchev–Trinajstić information content (AvgIpc) is 2.47. The van der Waals surface area contributed by atoms with Gasteiger partial charge in [-0.2, -0.15) is 0 Å². The number of thioether (sulfide) groups is 1. The van der Waals surface area contributed by atoms with Crippen LogP contribution in [0.3, 0.4) is 0 Å². The van der Waals surface area contributed by atoms with Gasteiger partial charge >= 0.3 is 0 Å². The van der Waals surface area contributed by atoms with Gasteiger partial charge in [0.2, 0.25) is 5.91 Å². The van der Waals surface area contributed by atoms with E-state index in [2.05, 4.69) is 4.98 Å². The molecule has 12 heavy (non-hydrogen) atoms. The lowest BCUT2D eigenvalue weighted by Gasteiger charge is -2.01. The van der Waals surface area contributed by atoms with E-state index in [4.69, 9.17) is 5.73 Å². The van der Waals surface area contributed by atoms with Gasteiger partial charge in [0.1, 0.15) is 0 Å². The molecule has 0 saturated heterocycles. The van der Waals surface area contributed by atoms with E-state index in [0.29, 0.717) is 0 Å². The lowest BCUT2D eigenvalue weighted by molar-refractivity contribution is -0.115. The van der Waals surface area contributed by atoms with Crippen LogP contribution in [0.25, 0.3) is 0 Å². The summed E-state index contributed by atoms with van der Waals surface area (Å²) in [5.74, 6) is -0.0255. The minimum Gasteiger partial charge on any atom is -0.369 e. The molecule has 1 rings (SSSR count). The first-order valence-electron chi connectivity index (χ1n) is 3.66. The number of imidazole rings is 1. The Morgan fingerprint density at radius 3 is 3.17 bits per heavy atom. The molecule has 0 atom stereocenters. The molecule has 1 amide bonds. The molecule has 66 valence electrons. The van der Waals surface area contributed by atoms with Gasteiger partial charge in [0.05, 0.1) is 5.75 Å². The van der Waals surface area contributed by atoms with Gasteiger partial charge in [0.25, 0.3) is 0 Å². The smallest absolute Gasteiger partial charge is 0.227 e. The summed E-state index contributed by atoms with van der Waals surface area (Å²) in [5, 5.41) is 0.844. The molecule has 0 aromatic carbocycles. The molecule has 4 nitrogen and oxygen atoms in total.